The fraction of sp³-hybridized carbons (Fsp3) is 0.0556. The van der Waals surface area contributed by atoms with Gasteiger partial charge in [-0.1, -0.05) is 11.6 Å². The van der Waals surface area contributed by atoms with Crippen LogP contribution in [0.5, 0.6) is 0 Å². The number of nitrogens with one attached hydrogen (secondary N) is 1. The highest BCUT2D eigenvalue weighted by Crippen LogP contribution is 2.31. The van der Waals surface area contributed by atoms with E-state index in [0.29, 0.717) is 0 Å². The molecule has 0 atom stereocenters. The molecule has 6 nitrogen and oxygen atoms in total. The van der Waals surface area contributed by atoms with Crippen molar-refractivity contribution in [3.05, 3.63) is 70.6 Å². The Labute approximate surface area is 160 Å². The van der Waals surface area contributed by atoms with Gasteiger partial charge in [-0.05, 0) is 42.5 Å². The predicted octanol–water partition coefficient (Wildman–Crippen LogP) is 4.96. The Balaban J connectivity index is 1.77. The van der Waals surface area contributed by atoms with Gasteiger partial charge in [0, 0.05) is 11.3 Å². The second-order valence-corrected chi connectivity index (χ2v) is 5.97. The molecule has 144 valence electrons. The van der Waals surface area contributed by atoms with Crippen molar-refractivity contribution < 1.29 is 32.3 Å². The first-order valence-electron chi connectivity index (χ1n) is 7.62. The standard InChI is InChI=1S/C18H10ClF3N2O4/c19-13-6-5-11(7-12(13)17(26)27)23-15(25)14-8-28-16(24-14)9-1-3-10(4-2-9)18(20,21)22/h1-8H,(H,23,25)(H,26,27). The van der Waals surface area contributed by atoms with Crippen LogP contribution in [0.1, 0.15) is 26.4 Å². The Morgan fingerprint density at radius 1 is 1.11 bits per heavy atom. The Bertz CT molecular complexity index is 1050. The number of alkyl halides is 3. The Kier molecular flexibility index (Phi) is 5.10. The molecule has 0 aliphatic carbocycles. The molecular formula is C18H10ClF3N2O4. The van der Waals surface area contributed by atoms with E-state index in [4.69, 9.17) is 21.1 Å². The summed E-state index contributed by atoms with van der Waals surface area (Å²) in [5.41, 5.74) is -0.720. The highest BCUT2D eigenvalue weighted by atomic mass is 35.5. The van der Waals surface area contributed by atoms with Crippen LogP contribution in [0.4, 0.5) is 18.9 Å². The van der Waals surface area contributed by atoms with Crippen LogP contribution in [-0.4, -0.2) is 22.0 Å². The molecule has 2 N–H and O–H groups in total. The summed E-state index contributed by atoms with van der Waals surface area (Å²) in [7, 11) is 0. The van der Waals surface area contributed by atoms with Crippen molar-refractivity contribution in [1.29, 1.82) is 0 Å². The lowest BCUT2D eigenvalue weighted by Gasteiger charge is -2.06. The molecule has 0 unspecified atom stereocenters. The minimum Gasteiger partial charge on any atom is -0.478 e. The lowest BCUT2D eigenvalue weighted by Crippen LogP contribution is -2.13. The van der Waals surface area contributed by atoms with E-state index in [9.17, 15) is 22.8 Å². The number of hydrogen-bond donors (Lipinski definition) is 2. The maximum Gasteiger partial charge on any atom is 0.416 e. The molecule has 1 heterocycles. The molecule has 1 amide bonds. The number of aromatic carboxylic acids is 1. The molecule has 1 aromatic heterocycles. The van der Waals surface area contributed by atoms with Crippen LogP contribution in [0.2, 0.25) is 5.02 Å². The molecule has 0 aliphatic heterocycles. The smallest absolute Gasteiger partial charge is 0.416 e. The monoisotopic (exact) mass is 410 g/mol. The van der Waals surface area contributed by atoms with Gasteiger partial charge in [0.05, 0.1) is 16.1 Å². The number of benzene rings is 2. The van der Waals surface area contributed by atoms with E-state index in [1.54, 1.807) is 0 Å². The molecule has 0 spiro atoms. The maximum atomic E-state index is 12.6. The van der Waals surface area contributed by atoms with Crippen LogP contribution >= 0.6 is 11.6 Å². The second kappa shape index (κ2) is 7.35. The molecular weight excluding hydrogens is 401 g/mol. The maximum absolute atomic E-state index is 12.6. The normalized spacial score (nSPS) is 11.3. The quantitative estimate of drug-likeness (QED) is 0.634. The number of amides is 1. The van der Waals surface area contributed by atoms with Gasteiger partial charge in [-0.15, -0.1) is 0 Å². The van der Waals surface area contributed by atoms with Gasteiger partial charge in [0.15, 0.2) is 5.69 Å². The number of carbonyl (C=O) groups excluding carboxylic acids is 1. The number of carboxylic acid groups (broad SMARTS) is 1. The van der Waals surface area contributed by atoms with Crippen LogP contribution in [0, 0.1) is 0 Å². The highest BCUT2D eigenvalue weighted by molar-refractivity contribution is 6.33. The number of anilines is 1. The molecule has 10 heteroatoms. The number of halogens is 4. The van der Waals surface area contributed by atoms with Crippen molar-refractivity contribution in [3.63, 3.8) is 0 Å². The second-order valence-electron chi connectivity index (χ2n) is 5.57. The van der Waals surface area contributed by atoms with Gasteiger partial charge in [-0.2, -0.15) is 13.2 Å². The summed E-state index contributed by atoms with van der Waals surface area (Å²) in [6, 6.07) is 8.00. The summed E-state index contributed by atoms with van der Waals surface area (Å²) >= 11 is 5.76. The van der Waals surface area contributed by atoms with Crippen LogP contribution < -0.4 is 5.32 Å². The van der Waals surface area contributed by atoms with E-state index in [1.165, 1.54) is 30.3 Å². The molecule has 0 bridgehead atoms. The van der Waals surface area contributed by atoms with E-state index in [0.717, 1.165) is 18.4 Å². The minimum atomic E-state index is -4.46. The zero-order valence-corrected chi connectivity index (χ0v) is 14.5. The predicted molar refractivity (Wildman–Crippen MR) is 93.3 cm³/mol. The van der Waals surface area contributed by atoms with E-state index >= 15 is 0 Å². The van der Waals surface area contributed by atoms with Crippen LogP contribution in [0.3, 0.4) is 0 Å². The van der Waals surface area contributed by atoms with Gasteiger partial charge in [0.25, 0.3) is 5.91 Å². The summed E-state index contributed by atoms with van der Waals surface area (Å²) < 4.78 is 43.0. The first-order chi connectivity index (χ1) is 13.1. The van der Waals surface area contributed by atoms with Gasteiger partial charge in [-0.3, -0.25) is 4.79 Å². The number of nitrogens with zero attached hydrogens (tertiary/aromatic N) is 1. The first-order valence-corrected chi connectivity index (χ1v) is 8.00. The van der Waals surface area contributed by atoms with Crippen molar-refractivity contribution in [2.24, 2.45) is 0 Å². The number of carbonyl (C=O) groups is 2. The minimum absolute atomic E-state index is 0.0107. The topological polar surface area (TPSA) is 92.4 Å². The van der Waals surface area contributed by atoms with E-state index in [-0.39, 0.29) is 33.4 Å². The summed E-state index contributed by atoms with van der Waals surface area (Å²) in [5, 5.41) is 11.5. The third-order valence-corrected chi connectivity index (χ3v) is 3.98. The SMILES string of the molecule is O=C(Nc1ccc(Cl)c(C(=O)O)c1)c1coc(-c2ccc(C(F)(F)F)cc2)n1. The molecule has 0 fully saturated rings. The zero-order valence-electron chi connectivity index (χ0n) is 13.7. The number of rotatable bonds is 4. The lowest BCUT2D eigenvalue weighted by atomic mass is 10.1. The number of carboxylic acids is 1. The largest absolute Gasteiger partial charge is 0.478 e. The summed E-state index contributed by atoms with van der Waals surface area (Å²) in [4.78, 5) is 27.3. The molecule has 0 radical (unpaired) electrons. The van der Waals surface area contributed by atoms with Gasteiger partial charge >= 0.3 is 12.1 Å². The first kappa shape index (κ1) is 19.4. The van der Waals surface area contributed by atoms with Gasteiger partial charge in [-0.25, -0.2) is 9.78 Å². The van der Waals surface area contributed by atoms with E-state index < -0.39 is 23.6 Å². The fourth-order valence-electron chi connectivity index (χ4n) is 2.27. The third kappa shape index (κ3) is 4.15. The molecule has 28 heavy (non-hydrogen) atoms. The molecule has 3 aromatic rings. The van der Waals surface area contributed by atoms with Crippen molar-refractivity contribution >= 4 is 29.2 Å². The van der Waals surface area contributed by atoms with Gasteiger partial charge in [0.1, 0.15) is 6.26 Å². The average molecular weight is 411 g/mol. The number of oxazole rings is 1. The zero-order chi connectivity index (χ0) is 20.5. The molecule has 0 saturated heterocycles. The lowest BCUT2D eigenvalue weighted by molar-refractivity contribution is -0.137. The van der Waals surface area contributed by atoms with Crippen molar-refractivity contribution in [1.82, 2.24) is 4.98 Å². The molecule has 0 saturated carbocycles. The molecule has 3 rings (SSSR count). The third-order valence-electron chi connectivity index (χ3n) is 3.65. The Hall–Kier alpha value is -3.33. The molecule has 0 aliphatic rings. The van der Waals surface area contributed by atoms with E-state index in [2.05, 4.69) is 10.3 Å². The van der Waals surface area contributed by atoms with Crippen molar-refractivity contribution in [2.75, 3.05) is 5.32 Å². The van der Waals surface area contributed by atoms with Crippen LogP contribution in [0.25, 0.3) is 11.5 Å². The highest BCUT2D eigenvalue weighted by Gasteiger charge is 2.30. The molecule has 2 aromatic carbocycles. The van der Waals surface area contributed by atoms with Crippen LogP contribution in [-0.2, 0) is 6.18 Å². The number of aromatic nitrogens is 1. The Morgan fingerprint density at radius 3 is 2.39 bits per heavy atom. The summed E-state index contributed by atoms with van der Waals surface area (Å²) in [5.74, 6) is -1.99. The summed E-state index contributed by atoms with van der Waals surface area (Å²) in [6.07, 6.45) is -3.43. The number of hydrogen-bond acceptors (Lipinski definition) is 4. The van der Waals surface area contributed by atoms with Crippen molar-refractivity contribution in [3.8, 4) is 11.5 Å². The van der Waals surface area contributed by atoms with Crippen LogP contribution in [0.15, 0.2) is 53.1 Å². The van der Waals surface area contributed by atoms with Gasteiger partial charge in [0.2, 0.25) is 5.89 Å². The summed E-state index contributed by atoms with van der Waals surface area (Å²) in [6.45, 7) is 0. The average Bonchev–Trinajstić information content (AvgIpc) is 3.13. The van der Waals surface area contributed by atoms with Gasteiger partial charge < -0.3 is 14.8 Å². The Morgan fingerprint density at radius 2 is 1.79 bits per heavy atom. The van der Waals surface area contributed by atoms with Crippen molar-refractivity contribution in [2.45, 2.75) is 6.18 Å². The fourth-order valence-corrected chi connectivity index (χ4v) is 2.47. The van der Waals surface area contributed by atoms with E-state index in [1.807, 2.05) is 0 Å².